The molecule has 0 unspecified atom stereocenters. The van der Waals surface area contributed by atoms with Gasteiger partial charge in [-0.15, -0.1) is 0 Å². The van der Waals surface area contributed by atoms with Crippen molar-refractivity contribution in [1.82, 2.24) is 4.90 Å². The summed E-state index contributed by atoms with van der Waals surface area (Å²) in [5, 5.41) is 9.30. The van der Waals surface area contributed by atoms with E-state index in [1.807, 2.05) is 0 Å². The molecule has 0 bridgehead atoms. The normalized spacial score (nSPS) is 40.3. The lowest BCUT2D eigenvalue weighted by Gasteiger charge is -2.43. The van der Waals surface area contributed by atoms with Gasteiger partial charge in [0.1, 0.15) is 0 Å². The van der Waals surface area contributed by atoms with Crippen LogP contribution in [0.25, 0.3) is 0 Å². The number of nitrogens with zero attached hydrogens (tertiary/aromatic N) is 1. The second kappa shape index (κ2) is 3.81. The first-order valence-electron chi connectivity index (χ1n) is 5.25. The van der Waals surface area contributed by atoms with Gasteiger partial charge in [-0.25, -0.2) is 0 Å². The highest BCUT2D eigenvalue weighted by Gasteiger charge is 2.34. The molecule has 1 aliphatic carbocycles. The van der Waals surface area contributed by atoms with Crippen molar-refractivity contribution in [2.45, 2.75) is 12.8 Å². The number of fused-ring (bicyclic) bond motifs is 1. The number of hydrogen-bond donors (Lipinski definition) is 1. The molecule has 1 N–H and O–H groups in total. The summed E-state index contributed by atoms with van der Waals surface area (Å²) < 4.78 is 0. The van der Waals surface area contributed by atoms with Crippen LogP contribution in [0.2, 0.25) is 0 Å². The quantitative estimate of drug-likeness (QED) is 0.613. The molecule has 2 nitrogen and oxygen atoms in total. The highest BCUT2D eigenvalue weighted by molar-refractivity contribution is 4.99. The standard InChI is InChI=1S/C11H19NO/c1-12-6-9-4-2-3-5-11(9)10(7-12)8-13/h2-3,9-11,13H,4-8H2,1H3/t9-,10-,11-/m0/s1. The number of hydrogen-bond acceptors (Lipinski definition) is 2. The van der Waals surface area contributed by atoms with Gasteiger partial charge in [-0.1, -0.05) is 12.2 Å². The van der Waals surface area contributed by atoms with Crippen molar-refractivity contribution in [3.8, 4) is 0 Å². The van der Waals surface area contributed by atoms with Crippen molar-refractivity contribution < 1.29 is 5.11 Å². The van der Waals surface area contributed by atoms with Crippen LogP contribution in [-0.4, -0.2) is 36.8 Å². The van der Waals surface area contributed by atoms with E-state index in [4.69, 9.17) is 0 Å². The van der Waals surface area contributed by atoms with Crippen LogP contribution in [0, 0.1) is 17.8 Å². The molecule has 0 aromatic heterocycles. The molecule has 0 radical (unpaired) electrons. The fourth-order valence-electron chi connectivity index (χ4n) is 2.88. The van der Waals surface area contributed by atoms with Crippen LogP contribution >= 0.6 is 0 Å². The van der Waals surface area contributed by atoms with Crippen molar-refractivity contribution in [3.05, 3.63) is 12.2 Å². The van der Waals surface area contributed by atoms with E-state index in [0.29, 0.717) is 12.5 Å². The first-order valence-corrected chi connectivity index (χ1v) is 5.25. The van der Waals surface area contributed by atoms with Gasteiger partial charge in [-0.3, -0.25) is 0 Å². The van der Waals surface area contributed by atoms with E-state index >= 15 is 0 Å². The van der Waals surface area contributed by atoms with E-state index < -0.39 is 0 Å². The Balaban J connectivity index is 2.08. The summed E-state index contributed by atoms with van der Waals surface area (Å²) in [5.74, 6) is 2.04. The number of aliphatic hydroxyl groups is 1. The van der Waals surface area contributed by atoms with Gasteiger partial charge in [0.25, 0.3) is 0 Å². The molecule has 1 fully saturated rings. The van der Waals surface area contributed by atoms with Crippen LogP contribution in [0.1, 0.15) is 12.8 Å². The van der Waals surface area contributed by atoms with Gasteiger partial charge >= 0.3 is 0 Å². The number of rotatable bonds is 1. The zero-order valence-electron chi connectivity index (χ0n) is 8.32. The van der Waals surface area contributed by atoms with Crippen LogP contribution in [0.5, 0.6) is 0 Å². The van der Waals surface area contributed by atoms with Crippen molar-refractivity contribution >= 4 is 0 Å². The molecule has 0 amide bonds. The topological polar surface area (TPSA) is 23.5 Å². The van der Waals surface area contributed by atoms with Gasteiger partial charge in [-0.05, 0) is 37.6 Å². The lowest BCUT2D eigenvalue weighted by atomic mass is 9.72. The first kappa shape index (κ1) is 9.22. The maximum atomic E-state index is 9.30. The maximum absolute atomic E-state index is 9.30. The summed E-state index contributed by atoms with van der Waals surface area (Å²) in [6, 6.07) is 0. The second-order valence-electron chi connectivity index (χ2n) is 4.53. The minimum absolute atomic E-state index is 0.360. The fraction of sp³-hybridized carbons (Fsp3) is 0.818. The first-order chi connectivity index (χ1) is 6.31. The summed E-state index contributed by atoms with van der Waals surface area (Å²) in [6.07, 6.45) is 6.99. The SMILES string of the molecule is CN1C[C@@H](CO)[C@H]2CC=CC[C@H]2C1. The smallest absolute Gasteiger partial charge is 0.0474 e. The van der Waals surface area contributed by atoms with E-state index in [1.165, 1.54) is 19.4 Å². The van der Waals surface area contributed by atoms with E-state index in [1.54, 1.807) is 0 Å². The van der Waals surface area contributed by atoms with E-state index in [9.17, 15) is 5.11 Å². The van der Waals surface area contributed by atoms with Gasteiger partial charge in [0.05, 0.1) is 0 Å². The van der Waals surface area contributed by atoms with Gasteiger partial charge in [0.15, 0.2) is 0 Å². The Hall–Kier alpha value is -0.340. The van der Waals surface area contributed by atoms with Crippen LogP contribution in [0.3, 0.4) is 0 Å². The Labute approximate surface area is 80.2 Å². The second-order valence-corrected chi connectivity index (χ2v) is 4.53. The third kappa shape index (κ3) is 1.79. The molecule has 74 valence electrons. The lowest BCUT2D eigenvalue weighted by Crippen LogP contribution is -2.46. The average Bonchev–Trinajstić information content (AvgIpc) is 2.16. The van der Waals surface area contributed by atoms with Crippen molar-refractivity contribution in [2.24, 2.45) is 17.8 Å². The predicted octanol–water partition coefficient (Wildman–Crippen LogP) is 1.12. The van der Waals surface area contributed by atoms with Crippen LogP contribution in [0.15, 0.2) is 12.2 Å². The molecule has 2 heteroatoms. The van der Waals surface area contributed by atoms with E-state index in [0.717, 1.165) is 18.4 Å². The maximum Gasteiger partial charge on any atom is 0.0474 e. The molecule has 1 aliphatic heterocycles. The number of aliphatic hydroxyl groups excluding tert-OH is 1. The van der Waals surface area contributed by atoms with Gasteiger partial charge in [0.2, 0.25) is 0 Å². The largest absolute Gasteiger partial charge is 0.396 e. The molecule has 0 aromatic carbocycles. The highest BCUT2D eigenvalue weighted by Crippen LogP contribution is 2.35. The minimum atomic E-state index is 0.360. The molecule has 0 saturated carbocycles. The molecule has 1 saturated heterocycles. The van der Waals surface area contributed by atoms with Crippen molar-refractivity contribution in [2.75, 3.05) is 26.7 Å². The summed E-state index contributed by atoms with van der Waals surface area (Å²) in [7, 11) is 2.16. The molecule has 13 heavy (non-hydrogen) atoms. The summed E-state index contributed by atoms with van der Waals surface area (Å²) in [6.45, 7) is 2.65. The molecule has 0 spiro atoms. The van der Waals surface area contributed by atoms with E-state index in [2.05, 4.69) is 24.1 Å². The minimum Gasteiger partial charge on any atom is -0.396 e. The zero-order valence-corrected chi connectivity index (χ0v) is 8.32. The monoisotopic (exact) mass is 181 g/mol. The highest BCUT2D eigenvalue weighted by atomic mass is 16.3. The Morgan fingerprint density at radius 3 is 2.85 bits per heavy atom. The van der Waals surface area contributed by atoms with Crippen molar-refractivity contribution in [3.63, 3.8) is 0 Å². The Morgan fingerprint density at radius 1 is 1.31 bits per heavy atom. The molecule has 0 aromatic rings. The summed E-state index contributed by atoms with van der Waals surface area (Å²) in [4.78, 5) is 2.36. The summed E-state index contributed by atoms with van der Waals surface area (Å²) in [5.41, 5.74) is 0. The molecule has 2 aliphatic rings. The van der Waals surface area contributed by atoms with Gasteiger partial charge < -0.3 is 10.0 Å². The molecule has 1 heterocycles. The number of piperidine rings is 1. The van der Waals surface area contributed by atoms with Gasteiger partial charge in [-0.2, -0.15) is 0 Å². The van der Waals surface area contributed by atoms with E-state index in [-0.39, 0.29) is 0 Å². The lowest BCUT2D eigenvalue weighted by molar-refractivity contribution is 0.0399. The van der Waals surface area contributed by atoms with Gasteiger partial charge in [0, 0.05) is 19.7 Å². The van der Waals surface area contributed by atoms with Crippen molar-refractivity contribution in [1.29, 1.82) is 0 Å². The fourth-order valence-corrected chi connectivity index (χ4v) is 2.88. The van der Waals surface area contributed by atoms with Crippen LogP contribution < -0.4 is 0 Å². The van der Waals surface area contributed by atoms with Crippen LogP contribution in [-0.2, 0) is 0 Å². The third-order valence-electron chi connectivity index (χ3n) is 3.55. The molecular formula is C11H19NO. The predicted molar refractivity (Wildman–Crippen MR) is 53.4 cm³/mol. The Morgan fingerprint density at radius 2 is 2.08 bits per heavy atom. The summed E-state index contributed by atoms with van der Waals surface area (Å²) >= 11 is 0. The number of likely N-dealkylation sites (tertiary alicyclic amines) is 1. The Kier molecular flexibility index (Phi) is 2.70. The molecule has 2 rings (SSSR count). The Bertz CT molecular complexity index is 202. The zero-order chi connectivity index (χ0) is 9.26. The van der Waals surface area contributed by atoms with Crippen LogP contribution in [0.4, 0.5) is 0 Å². The number of allylic oxidation sites excluding steroid dienone is 2. The average molecular weight is 181 g/mol. The molecular weight excluding hydrogens is 162 g/mol. The third-order valence-corrected chi connectivity index (χ3v) is 3.55. The molecule has 3 atom stereocenters.